The van der Waals surface area contributed by atoms with Crippen molar-refractivity contribution in [1.29, 1.82) is 0 Å². The van der Waals surface area contributed by atoms with Crippen molar-refractivity contribution < 1.29 is 4.79 Å². The topological polar surface area (TPSA) is 57.8 Å². The fourth-order valence-corrected chi connectivity index (χ4v) is 3.43. The van der Waals surface area contributed by atoms with E-state index in [2.05, 4.69) is 34.6 Å². The second kappa shape index (κ2) is 8.57. The van der Waals surface area contributed by atoms with Gasteiger partial charge in [-0.25, -0.2) is 0 Å². The number of nitrogens with one attached hydrogen (secondary N) is 2. The minimum Gasteiger partial charge on any atom is -0.352 e. The van der Waals surface area contributed by atoms with Gasteiger partial charge in [0.15, 0.2) is 0 Å². The van der Waals surface area contributed by atoms with Crippen molar-refractivity contribution in [3.05, 3.63) is 102 Å². The molecule has 4 nitrogen and oxygen atoms in total. The minimum absolute atomic E-state index is 0.0848. The van der Waals surface area contributed by atoms with Crippen LogP contribution in [0, 0.1) is 6.92 Å². The molecule has 1 heterocycles. The lowest BCUT2D eigenvalue weighted by Crippen LogP contribution is -2.26. The van der Waals surface area contributed by atoms with Crippen molar-refractivity contribution in [2.45, 2.75) is 13.3 Å². The minimum atomic E-state index is -0.0848. The highest BCUT2D eigenvalue weighted by Gasteiger charge is 2.15. The third-order valence-corrected chi connectivity index (χ3v) is 5.05. The van der Waals surface area contributed by atoms with Gasteiger partial charge in [0, 0.05) is 17.7 Å². The van der Waals surface area contributed by atoms with Crippen LogP contribution in [-0.2, 0) is 6.42 Å². The number of nitrogens with zero attached hydrogens (tertiary/aromatic N) is 1. The van der Waals surface area contributed by atoms with Gasteiger partial charge in [0.1, 0.15) is 0 Å². The van der Waals surface area contributed by atoms with Crippen molar-refractivity contribution in [3.63, 3.8) is 0 Å². The second-order valence-corrected chi connectivity index (χ2v) is 7.01. The molecule has 0 saturated heterocycles. The zero-order chi connectivity index (χ0) is 20.1. The number of aromatic nitrogens is 2. The number of carbonyl (C=O) groups excluding carboxylic acids is 1. The number of benzene rings is 3. The number of aryl methyl sites for hydroxylation is 1. The summed E-state index contributed by atoms with van der Waals surface area (Å²) >= 11 is 0. The van der Waals surface area contributed by atoms with Crippen LogP contribution in [0.5, 0.6) is 0 Å². The molecular formula is C25H23N3O. The summed E-state index contributed by atoms with van der Waals surface area (Å²) in [6.07, 6.45) is 0.807. The van der Waals surface area contributed by atoms with Crippen LogP contribution in [0.4, 0.5) is 0 Å². The lowest BCUT2D eigenvalue weighted by molar-refractivity contribution is 0.0954. The molecule has 0 unspecified atom stereocenters. The van der Waals surface area contributed by atoms with E-state index in [-0.39, 0.29) is 5.91 Å². The number of hydrogen-bond donors (Lipinski definition) is 2. The fourth-order valence-electron chi connectivity index (χ4n) is 3.43. The van der Waals surface area contributed by atoms with E-state index >= 15 is 0 Å². The van der Waals surface area contributed by atoms with Crippen LogP contribution >= 0.6 is 0 Å². The standard InChI is InChI=1S/C25H23N3O/c1-18-9-5-6-10-19(18)15-16-26-25(29)22-14-8-7-13-21(22)24-17-23(27-28-24)20-11-3-2-4-12-20/h2-14,17H,15-16H2,1H3,(H,26,29)(H,27,28). The van der Waals surface area contributed by atoms with Gasteiger partial charge in [-0.05, 0) is 42.2 Å². The summed E-state index contributed by atoms with van der Waals surface area (Å²) in [5, 5.41) is 10.6. The van der Waals surface area contributed by atoms with Crippen molar-refractivity contribution in [3.8, 4) is 22.5 Å². The molecule has 1 amide bonds. The molecule has 0 spiro atoms. The summed E-state index contributed by atoms with van der Waals surface area (Å²) in [6, 6.07) is 27.8. The number of rotatable bonds is 6. The Kier molecular flexibility index (Phi) is 5.52. The quantitative estimate of drug-likeness (QED) is 0.492. The molecule has 0 aliphatic heterocycles. The molecular weight excluding hydrogens is 358 g/mol. The van der Waals surface area contributed by atoms with Gasteiger partial charge in [-0.15, -0.1) is 0 Å². The molecule has 0 saturated carbocycles. The molecule has 0 atom stereocenters. The molecule has 0 radical (unpaired) electrons. The maximum atomic E-state index is 12.8. The van der Waals surface area contributed by atoms with Crippen LogP contribution in [0.25, 0.3) is 22.5 Å². The highest BCUT2D eigenvalue weighted by atomic mass is 16.1. The number of aromatic amines is 1. The fraction of sp³-hybridized carbons (Fsp3) is 0.120. The first-order chi connectivity index (χ1) is 14.2. The van der Waals surface area contributed by atoms with Gasteiger partial charge in [0.05, 0.1) is 11.4 Å². The molecule has 4 aromatic rings. The first kappa shape index (κ1) is 18.7. The number of carbonyl (C=O) groups is 1. The Labute approximate surface area is 170 Å². The predicted molar refractivity (Wildman–Crippen MR) is 117 cm³/mol. The van der Waals surface area contributed by atoms with Crippen LogP contribution < -0.4 is 5.32 Å². The Hall–Kier alpha value is -3.66. The Morgan fingerprint density at radius 3 is 2.48 bits per heavy atom. The van der Waals surface area contributed by atoms with Crippen molar-refractivity contribution >= 4 is 5.91 Å². The van der Waals surface area contributed by atoms with Crippen molar-refractivity contribution in [2.75, 3.05) is 6.54 Å². The number of amides is 1. The molecule has 144 valence electrons. The molecule has 1 aromatic heterocycles. The Bertz CT molecular complexity index is 1120. The van der Waals surface area contributed by atoms with Gasteiger partial charge in [0.2, 0.25) is 0 Å². The lowest BCUT2D eigenvalue weighted by Gasteiger charge is -2.10. The monoisotopic (exact) mass is 381 g/mol. The van der Waals surface area contributed by atoms with Gasteiger partial charge in [-0.3, -0.25) is 9.89 Å². The highest BCUT2D eigenvalue weighted by Crippen LogP contribution is 2.26. The van der Waals surface area contributed by atoms with Gasteiger partial charge in [-0.2, -0.15) is 5.10 Å². The normalized spacial score (nSPS) is 10.7. The predicted octanol–water partition coefficient (Wildman–Crippen LogP) is 5.02. The van der Waals surface area contributed by atoms with Gasteiger partial charge < -0.3 is 5.32 Å². The SMILES string of the molecule is Cc1ccccc1CCNC(=O)c1ccccc1-c1cc(-c2ccccc2)[nH]n1. The van der Waals surface area contributed by atoms with E-state index in [0.29, 0.717) is 12.1 Å². The Morgan fingerprint density at radius 1 is 0.931 bits per heavy atom. The van der Waals surface area contributed by atoms with E-state index < -0.39 is 0 Å². The third kappa shape index (κ3) is 4.27. The van der Waals surface area contributed by atoms with E-state index in [1.165, 1.54) is 11.1 Å². The molecule has 2 N–H and O–H groups in total. The first-order valence-corrected chi connectivity index (χ1v) is 9.75. The zero-order valence-electron chi connectivity index (χ0n) is 16.4. The van der Waals surface area contributed by atoms with Gasteiger partial charge >= 0.3 is 0 Å². The molecule has 0 aliphatic carbocycles. The average Bonchev–Trinajstić information content (AvgIpc) is 3.26. The lowest BCUT2D eigenvalue weighted by atomic mass is 10.0. The number of hydrogen-bond acceptors (Lipinski definition) is 2. The summed E-state index contributed by atoms with van der Waals surface area (Å²) in [4.78, 5) is 12.8. The molecule has 3 aromatic carbocycles. The smallest absolute Gasteiger partial charge is 0.251 e. The third-order valence-electron chi connectivity index (χ3n) is 5.05. The van der Waals surface area contributed by atoms with Crippen molar-refractivity contribution in [1.82, 2.24) is 15.5 Å². The average molecular weight is 381 g/mol. The highest BCUT2D eigenvalue weighted by molar-refractivity contribution is 6.00. The summed E-state index contributed by atoms with van der Waals surface area (Å²) in [6.45, 7) is 2.68. The molecule has 4 rings (SSSR count). The van der Waals surface area contributed by atoms with Crippen LogP contribution in [0.15, 0.2) is 84.9 Å². The van der Waals surface area contributed by atoms with Crippen LogP contribution in [-0.4, -0.2) is 22.6 Å². The van der Waals surface area contributed by atoms with Crippen LogP contribution in [0.1, 0.15) is 21.5 Å². The van der Waals surface area contributed by atoms with E-state index in [4.69, 9.17) is 0 Å². The van der Waals surface area contributed by atoms with Gasteiger partial charge in [-0.1, -0.05) is 72.8 Å². The van der Waals surface area contributed by atoms with Gasteiger partial charge in [0.25, 0.3) is 5.91 Å². The molecule has 0 aliphatic rings. The first-order valence-electron chi connectivity index (χ1n) is 9.75. The summed E-state index contributed by atoms with van der Waals surface area (Å²) in [7, 11) is 0. The molecule has 0 bridgehead atoms. The largest absolute Gasteiger partial charge is 0.352 e. The second-order valence-electron chi connectivity index (χ2n) is 7.01. The summed E-state index contributed by atoms with van der Waals surface area (Å²) in [5.41, 5.74) is 6.69. The Balaban J connectivity index is 1.50. The zero-order valence-corrected chi connectivity index (χ0v) is 16.4. The van der Waals surface area contributed by atoms with E-state index in [1.807, 2.05) is 72.8 Å². The molecule has 4 heteroatoms. The maximum absolute atomic E-state index is 12.8. The molecule has 29 heavy (non-hydrogen) atoms. The van der Waals surface area contributed by atoms with Crippen LogP contribution in [0.3, 0.4) is 0 Å². The Morgan fingerprint density at radius 2 is 1.66 bits per heavy atom. The van der Waals surface area contributed by atoms with E-state index in [9.17, 15) is 4.79 Å². The molecule has 0 fully saturated rings. The van der Waals surface area contributed by atoms with E-state index in [0.717, 1.165) is 28.9 Å². The summed E-state index contributed by atoms with van der Waals surface area (Å²) < 4.78 is 0. The van der Waals surface area contributed by atoms with E-state index in [1.54, 1.807) is 0 Å². The summed E-state index contributed by atoms with van der Waals surface area (Å²) in [5.74, 6) is -0.0848. The van der Waals surface area contributed by atoms with Crippen LogP contribution in [0.2, 0.25) is 0 Å². The maximum Gasteiger partial charge on any atom is 0.251 e. The number of H-pyrrole nitrogens is 1. The van der Waals surface area contributed by atoms with Crippen molar-refractivity contribution in [2.24, 2.45) is 0 Å².